The summed E-state index contributed by atoms with van der Waals surface area (Å²) in [7, 11) is -3.47. The summed E-state index contributed by atoms with van der Waals surface area (Å²) in [5, 5.41) is 11.8. The average molecular weight is 356 g/mol. The van der Waals surface area contributed by atoms with E-state index in [0.29, 0.717) is 25.8 Å². The monoisotopic (exact) mass is 356 g/mol. The van der Waals surface area contributed by atoms with Gasteiger partial charge < -0.3 is 10.4 Å². The maximum atomic E-state index is 12.1. The second-order valence-electron chi connectivity index (χ2n) is 6.61. The Labute approximate surface area is 144 Å². The predicted molar refractivity (Wildman–Crippen MR) is 94.1 cm³/mol. The highest BCUT2D eigenvalue weighted by Crippen LogP contribution is 2.10. The minimum atomic E-state index is -3.47. The Bertz CT molecular complexity index is 624. The number of aliphatic hydroxyl groups is 1. The van der Waals surface area contributed by atoms with Crippen molar-refractivity contribution in [2.45, 2.75) is 56.9 Å². The largest absolute Gasteiger partial charge is 0.394 e. The Morgan fingerprint density at radius 3 is 2.33 bits per heavy atom. The first-order chi connectivity index (χ1) is 11.2. The van der Waals surface area contributed by atoms with Crippen molar-refractivity contribution in [1.82, 2.24) is 10.0 Å². The highest BCUT2D eigenvalue weighted by atomic mass is 32.2. The molecule has 7 heteroatoms. The van der Waals surface area contributed by atoms with E-state index < -0.39 is 15.6 Å². The van der Waals surface area contributed by atoms with Crippen molar-refractivity contribution in [3.05, 3.63) is 29.8 Å². The molecule has 0 aliphatic carbocycles. The van der Waals surface area contributed by atoms with Gasteiger partial charge in [-0.05, 0) is 45.7 Å². The van der Waals surface area contributed by atoms with Gasteiger partial charge in [0.1, 0.15) is 0 Å². The fourth-order valence-electron chi connectivity index (χ4n) is 2.07. The van der Waals surface area contributed by atoms with E-state index in [1.165, 1.54) is 0 Å². The molecule has 0 heterocycles. The van der Waals surface area contributed by atoms with Crippen LogP contribution >= 0.6 is 0 Å². The molecule has 0 fully saturated rings. The van der Waals surface area contributed by atoms with E-state index in [0.717, 1.165) is 12.0 Å². The second kappa shape index (κ2) is 9.15. The number of aliphatic hydroxyl groups excluding tert-OH is 1. The fraction of sp³-hybridized carbons (Fsp3) is 0.588. The van der Waals surface area contributed by atoms with E-state index in [-0.39, 0.29) is 17.4 Å². The molecule has 1 aromatic rings. The Balaban J connectivity index is 2.24. The number of rotatable bonds is 10. The number of aryl methyl sites for hydroxylation is 1. The zero-order chi connectivity index (χ0) is 18.2. The van der Waals surface area contributed by atoms with Crippen LogP contribution in [-0.4, -0.2) is 38.1 Å². The van der Waals surface area contributed by atoms with Gasteiger partial charge in [0.05, 0.1) is 17.0 Å². The number of amides is 1. The number of benzene rings is 1. The van der Waals surface area contributed by atoms with Gasteiger partial charge in [-0.25, -0.2) is 13.1 Å². The van der Waals surface area contributed by atoms with E-state index >= 15 is 0 Å². The van der Waals surface area contributed by atoms with Gasteiger partial charge in [-0.3, -0.25) is 4.79 Å². The molecule has 6 nitrogen and oxygen atoms in total. The molecule has 0 aliphatic heterocycles. The normalized spacial score (nSPS) is 12.2. The number of sulfonamides is 1. The van der Waals surface area contributed by atoms with Gasteiger partial charge in [-0.15, -0.1) is 0 Å². The molecule has 0 aliphatic rings. The van der Waals surface area contributed by atoms with Gasteiger partial charge in [-0.1, -0.05) is 24.1 Å². The lowest BCUT2D eigenvalue weighted by Crippen LogP contribution is -2.46. The number of hydrogen-bond donors (Lipinski definition) is 3. The number of hydrogen-bond acceptors (Lipinski definition) is 4. The van der Waals surface area contributed by atoms with Crippen LogP contribution in [0.25, 0.3) is 0 Å². The molecule has 136 valence electrons. The summed E-state index contributed by atoms with van der Waals surface area (Å²) in [4.78, 5) is 12.0. The Morgan fingerprint density at radius 2 is 1.75 bits per heavy atom. The fourth-order valence-corrected chi connectivity index (χ4v) is 3.15. The number of carbonyl (C=O) groups excluding carboxylic acids is 1. The maximum Gasteiger partial charge on any atom is 0.240 e. The van der Waals surface area contributed by atoms with E-state index in [4.69, 9.17) is 5.11 Å². The van der Waals surface area contributed by atoms with Gasteiger partial charge in [0.25, 0.3) is 0 Å². The van der Waals surface area contributed by atoms with Gasteiger partial charge in [0.2, 0.25) is 15.9 Å². The van der Waals surface area contributed by atoms with Gasteiger partial charge in [0, 0.05) is 13.0 Å². The molecule has 0 spiro atoms. The molecule has 0 unspecified atom stereocenters. The summed E-state index contributed by atoms with van der Waals surface area (Å²) >= 11 is 0. The summed E-state index contributed by atoms with van der Waals surface area (Å²) in [6.45, 7) is 5.65. The summed E-state index contributed by atoms with van der Waals surface area (Å²) in [5.74, 6) is -0.103. The van der Waals surface area contributed by atoms with Crippen LogP contribution in [0.15, 0.2) is 29.2 Å². The van der Waals surface area contributed by atoms with Crippen molar-refractivity contribution in [3.63, 3.8) is 0 Å². The minimum Gasteiger partial charge on any atom is -0.394 e. The van der Waals surface area contributed by atoms with E-state index in [2.05, 4.69) is 10.0 Å². The standard InChI is InChI=1S/C17H28N2O4S/c1-14-8-10-15(11-9-14)24(22,23)18-12-6-4-5-7-16(21)19-17(2,3)13-20/h8-11,18,20H,4-7,12-13H2,1-3H3,(H,19,21). The zero-order valence-electron chi connectivity index (χ0n) is 14.6. The molecule has 3 N–H and O–H groups in total. The molecular weight excluding hydrogens is 328 g/mol. The lowest BCUT2D eigenvalue weighted by molar-refractivity contribution is -0.123. The van der Waals surface area contributed by atoms with Gasteiger partial charge in [0.15, 0.2) is 0 Å². The average Bonchev–Trinajstić information content (AvgIpc) is 2.50. The minimum absolute atomic E-state index is 0.103. The molecule has 0 aromatic heterocycles. The third kappa shape index (κ3) is 7.42. The second-order valence-corrected chi connectivity index (χ2v) is 8.38. The molecule has 1 rings (SSSR count). The molecule has 0 atom stereocenters. The van der Waals surface area contributed by atoms with Crippen molar-refractivity contribution in [1.29, 1.82) is 0 Å². The highest BCUT2D eigenvalue weighted by Gasteiger charge is 2.18. The topological polar surface area (TPSA) is 95.5 Å². The van der Waals surface area contributed by atoms with Crippen LogP contribution in [0.4, 0.5) is 0 Å². The lowest BCUT2D eigenvalue weighted by Gasteiger charge is -2.23. The molecule has 0 bridgehead atoms. The molecule has 24 heavy (non-hydrogen) atoms. The maximum absolute atomic E-state index is 12.1. The third-order valence-corrected chi connectivity index (χ3v) is 5.05. The third-order valence-electron chi connectivity index (χ3n) is 3.58. The van der Waals surface area contributed by atoms with Crippen LogP contribution < -0.4 is 10.0 Å². The summed E-state index contributed by atoms with van der Waals surface area (Å²) in [6, 6.07) is 6.71. The van der Waals surface area contributed by atoms with Crippen LogP contribution in [0.1, 0.15) is 45.1 Å². The van der Waals surface area contributed by atoms with E-state index in [1.807, 2.05) is 6.92 Å². The van der Waals surface area contributed by atoms with Crippen molar-refractivity contribution < 1.29 is 18.3 Å². The van der Waals surface area contributed by atoms with Crippen molar-refractivity contribution in [2.24, 2.45) is 0 Å². The summed E-state index contributed by atoms with van der Waals surface area (Å²) in [5.41, 5.74) is 0.400. The predicted octanol–water partition coefficient (Wildman–Crippen LogP) is 1.72. The number of unbranched alkanes of at least 4 members (excludes halogenated alkanes) is 2. The van der Waals surface area contributed by atoms with E-state index in [9.17, 15) is 13.2 Å². The Morgan fingerprint density at radius 1 is 1.12 bits per heavy atom. The highest BCUT2D eigenvalue weighted by molar-refractivity contribution is 7.89. The van der Waals surface area contributed by atoms with Crippen molar-refractivity contribution >= 4 is 15.9 Å². The van der Waals surface area contributed by atoms with E-state index in [1.54, 1.807) is 38.1 Å². The molecule has 0 radical (unpaired) electrons. The molecule has 0 saturated heterocycles. The van der Waals surface area contributed by atoms with Gasteiger partial charge >= 0.3 is 0 Å². The molecule has 0 saturated carbocycles. The Kier molecular flexibility index (Phi) is 7.86. The lowest BCUT2D eigenvalue weighted by atomic mass is 10.1. The first-order valence-corrected chi connectivity index (χ1v) is 9.63. The smallest absolute Gasteiger partial charge is 0.240 e. The molecule has 1 aromatic carbocycles. The van der Waals surface area contributed by atoms with Gasteiger partial charge in [-0.2, -0.15) is 0 Å². The van der Waals surface area contributed by atoms with Crippen LogP contribution in [-0.2, 0) is 14.8 Å². The quantitative estimate of drug-likeness (QED) is 0.556. The number of nitrogens with one attached hydrogen (secondary N) is 2. The van der Waals surface area contributed by atoms with Crippen LogP contribution in [0.3, 0.4) is 0 Å². The summed E-state index contributed by atoms with van der Waals surface area (Å²) in [6.07, 6.45) is 2.47. The summed E-state index contributed by atoms with van der Waals surface area (Å²) < 4.78 is 26.7. The molecule has 1 amide bonds. The van der Waals surface area contributed by atoms with Crippen LogP contribution in [0.5, 0.6) is 0 Å². The van der Waals surface area contributed by atoms with Crippen molar-refractivity contribution in [3.8, 4) is 0 Å². The SMILES string of the molecule is Cc1ccc(S(=O)(=O)NCCCCCC(=O)NC(C)(C)CO)cc1. The van der Waals surface area contributed by atoms with Crippen LogP contribution in [0.2, 0.25) is 0 Å². The first kappa shape index (κ1) is 20.6. The van der Waals surface area contributed by atoms with Crippen molar-refractivity contribution in [2.75, 3.05) is 13.2 Å². The Hall–Kier alpha value is -1.44. The molecular formula is C17H28N2O4S. The first-order valence-electron chi connectivity index (χ1n) is 8.14. The van der Waals surface area contributed by atoms with Crippen LogP contribution in [0, 0.1) is 6.92 Å². The number of carbonyl (C=O) groups is 1. The zero-order valence-corrected chi connectivity index (χ0v) is 15.4.